The molecular formula is C13H20OS. The monoisotopic (exact) mass is 224 g/mol. The molecule has 1 heterocycles. The number of aryl methyl sites for hydroxylation is 1. The van der Waals surface area contributed by atoms with Crippen LogP contribution in [0.4, 0.5) is 0 Å². The molecular weight excluding hydrogens is 204 g/mol. The van der Waals surface area contributed by atoms with Gasteiger partial charge in [-0.3, -0.25) is 4.79 Å². The van der Waals surface area contributed by atoms with Crippen molar-refractivity contribution in [2.45, 2.75) is 41.0 Å². The summed E-state index contributed by atoms with van der Waals surface area (Å²) in [7, 11) is 0. The molecule has 0 spiro atoms. The number of thiophene rings is 1. The minimum Gasteiger partial charge on any atom is -0.293 e. The van der Waals surface area contributed by atoms with Crippen LogP contribution in [0.2, 0.25) is 0 Å². The van der Waals surface area contributed by atoms with Crippen molar-refractivity contribution < 1.29 is 4.79 Å². The second-order valence-electron chi connectivity index (χ2n) is 5.33. The van der Waals surface area contributed by atoms with Crippen LogP contribution >= 0.6 is 11.3 Å². The predicted octanol–water partition coefficient (Wildman–Crippen LogP) is 4.31. The lowest BCUT2D eigenvalue weighted by molar-refractivity contribution is 0.0931. The van der Waals surface area contributed by atoms with Crippen LogP contribution in [-0.4, -0.2) is 5.78 Å². The lowest BCUT2D eigenvalue weighted by Gasteiger charge is -2.26. The van der Waals surface area contributed by atoms with Crippen LogP contribution in [-0.2, 0) is 0 Å². The minimum atomic E-state index is 0.209. The highest BCUT2D eigenvalue weighted by atomic mass is 32.1. The van der Waals surface area contributed by atoms with Gasteiger partial charge in [-0.15, -0.1) is 11.3 Å². The van der Waals surface area contributed by atoms with Crippen molar-refractivity contribution >= 4 is 17.1 Å². The third kappa shape index (κ3) is 3.16. The molecule has 0 aliphatic carbocycles. The van der Waals surface area contributed by atoms with Crippen molar-refractivity contribution in [2.24, 2.45) is 11.3 Å². The molecule has 0 saturated carbocycles. The van der Waals surface area contributed by atoms with Gasteiger partial charge in [0.25, 0.3) is 0 Å². The molecule has 0 saturated heterocycles. The van der Waals surface area contributed by atoms with Crippen molar-refractivity contribution in [1.29, 1.82) is 0 Å². The zero-order valence-corrected chi connectivity index (χ0v) is 11.1. The van der Waals surface area contributed by atoms with E-state index in [1.807, 2.05) is 18.4 Å². The maximum Gasteiger partial charge on any atom is 0.173 e. The molecule has 2 heteroatoms. The maximum absolute atomic E-state index is 12.0. The average Bonchev–Trinajstić information content (AvgIpc) is 2.49. The number of hydrogen-bond acceptors (Lipinski definition) is 2. The quantitative estimate of drug-likeness (QED) is 0.699. The van der Waals surface area contributed by atoms with Gasteiger partial charge >= 0.3 is 0 Å². The number of ketones is 1. The highest BCUT2D eigenvalue weighted by Gasteiger charge is 2.23. The molecule has 0 fully saturated rings. The van der Waals surface area contributed by atoms with E-state index < -0.39 is 0 Å². The fourth-order valence-electron chi connectivity index (χ4n) is 1.34. The summed E-state index contributed by atoms with van der Waals surface area (Å²) < 4.78 is 0. The van der Waals surface area contributed by atoms with Gasteiger partial charge in [-0.25, -0.2) is 0 Å². The Morgan fingerprint density at radius 1 is 1.47 bits per heavy atom. The Bertz CT molecular complexity index is 344. The standard InChI is InChI=1S/C13H20OS/c1-9-6-7-15-12(9)11(14)8-10(2)13(3,4)5/h6-7,10H,8H2,1-5H3. The SMILES string of the molecule is Cc1ccsc1C(=O)CC(C)C(C)(C)C. The highest BCUT2D eigenvalue weighted by molar-refractivity contribution is 7.12. The minimum absolute atomic E-state index is 0.209. The Labute approximate surface area is 96.5 Å². The third-order valence-electron chi connectivity index (χ3n) is 3.09. The van der Waals surface area contributed by atoms with Gasteiger partial charge in [-0.1, -0.05) is 27.7 Å². The van der Waals surface area contributed by atoms with Gasteiger partial charge in [0.1, 0.15) is 0 Å². The number of hydrogen-bond donors (Lipinski definition) is 0. The molecule has 0 bridgehead atoms. The van der Waals surface area contributed by atoms with Crippen molar-refractivity contribution in [2.75, 3.05) is 0 Å². The van der Waals surface area contributed by atoms with E-state index in [4.69, 9.17) is 0 Å². The Kier molecular flexibility index (Phi) is 3.72. The fourth-order valence-corrected chi connectivity index (χ4v) is 2.21. The first kappa shape index (κ1) is 12.4. The maximum atomic E-state index is 12.0. The van der Waals surface area contributed by atoms with Crippen LogP contribution in [0.25, 0.3) is 0 Å². The first-order chi connectivity index (χ1) is 6.82. The van der Waals surface area contributed by atoms with Gasteiger partial charge in [0.05, 0.1) is 4.88 Å². The summed E-state index contributed by atoms with van der Waals surface area (Å²) in [6.07, 6.45) is 0.658. The summed E-state index contributed by atoms with van der Waals surface area (Å²) >= 11 is 1.56. The van der Waals surface area contributed by atoms with Gasteiger partial charge in [0, 0.05) is 6.42 Å². The van der Waals surface area contributed by atoms with E-state index >= 15 is 0 Å². The van der Waals surface area contributed by atoms with Gasteiger partial charge in [-0.05, 0) is 35.3 Å². The van der Waals surface area contributed by atoms with Crippen molar-refractivity contribution in [3.8, 4) is 0 Å². The normalized spacial score (nSPS) is 13.9. The lowest BCUT2D eigenvalue weighted by atomic mass is 9.79. The van der Waals surface area contributed by atoms with Crippen LogP contribution in [0.1, 0.15) is 49.4 Å². The van der Waals surface area contributed by atoms with E-state index in [9.17, 15) is 4.79 Å². The molecule has 0 aliphatic heterocycles. The number of carbonyl (C=O) groups is 1. The van der Waals surface area contributed by atoms with Crippen LogP contribution < -0.4 is 0 Å². The molecule has 0 radical (unpaired) electrons. The molecule has 1 atom stereocenters. The molecule has 0 N–H and O–H groups in total. The molecule has 0 amide bonds. The molecule has 1 aromatic rings. The van der Waals surface area contributed by atoms with Crippen molar-refractivity contribution in [3.63, 3.8) is 0 Å². The van der Waals surface area contributed by atoms with E-state index in [0.29, 0.717) is 18.1 Å². The second-order valence-corrected chi connectivity index (χ2v) is 6.24. The van der Waals surface area contributed by atoms with E-state index in [0.717, 1.165) is 10.4 Å². The molecule has 1 unspecified atom stereocenters. The number of rotatable bonds is 3. The Morgan fingerprint density at radius 2 is 2.07 bits per heavy atom. The lowest BCUT2D eigenvalue weighted by Crippen LogP contribution is -2.20. The summed E-state index contributed by atoms with van der Waals surface area (Å²) in [6.45, 7) is 10.7. The largest absolute Gasteiger partial charge is 0.293 e. The van der Waals surface area contributed by atoms with Gasteiger partial charge in [-0.2, -0.15) is 0 Å². The van der Waals surface area contributed by atoms with E-state index in [-0.39, 0.29) is 5.41 Å². The summed E-state index contributed by atoms with van der Waals surface area (Å²) in [6, 6.07) is 2.01. The Balaban J connectivity index is 2.69. The van der Waals surface area contributed by atoms with Gasteiger partial charge in [0.15, 0.2) is 5.78 Å². The fraction of sp³-hybridized carbons (Fsp3) is 0.615. The summed E-state index contributed by atoms with van der Waals surface area (Å²) in [5.74, 6) is 0.719. The molecule has 84 valence electrons. The number of carbonyl (C=O) groups excluding carboxylic acids is 1. The smallest absolute Gasteiger partial charge is 0.173 e. The zero-order chi connectivity index (χ0) is 11.6. The first-order valence-electron chi connectivity index (χ1n) is 5.39. The van der Waals surface area contributed by atoms with E-state index in [2.05, 4.69) is 27.7 Å². The third-order valence-corrected chi connectivity index (χ3v) is 4.14. The van der Waals surface area contributed by atoms with Gasteiger partial charge < -0.3 is 0 Å². The van der Waals surface area contributed by atoms with Crippen LogP contribution in [0.5, 0.6) is 0 Å². The van der Waals surface area contributed by atoms with Crippen molar-refractivity contribution in [1.82, 2.24) is 0 Å². The summed E-state index contributed by atoms with van der Waals surface area (Å²) in [5, 5.41) is 1.99. The average molecular weight is 224 g/mol. The zero-order valence-electron chi connectivity index (χ0n) is 10.3. The first-order valence-corrected chi connectivity index (χ1v) is 6.27. The summed E-state index contributed by atoms with van der Waals surface area (Å²) in [4.78, 5) is 12.9. The van der Waals surface area contributed by atoms with Crippen molar-refractivity contribution in [3.05, 3.63) is 21.9 Å². The molecule has 15 heavy (non-hydrogen) atoms. The van der Waals surface area contributed by atoms with E-state index in [1.165, 1.54) is 0 Å². The molecule has 0 aliphatic rings. The van der Waals surface area contributed by atoms with Gasteiger partial charge in [0.2, 0.25) is 0 Å². The molecule has 0 aromatic carbocycles. The topological polar surface area (TPSA) is 17.1 Å². The second kappa shape index (κ2) is 4.48. The molecule has 1 rings (SSSR count). The number of Topliss-reactive ketones (excluding diaryl/α,β-unsaturated/α-hetero) is 1. The molecule has 1 aromatic heterocycles. The highest BCUT2D eigenvalue weighted by Crippen LogP contribution is 2.30. The predicted molar refractivity (Wildman–Crippen MR) is 66.6 cm³/mol. The van der Waals surface area contributed by atoms with Crippen LogP contribution in [0, 0.1) is 18.3 Å². The Morgan fingerprint density at radius 3 is 2.47 bits per heavy atom. The van der Waals surface area contributed by atoms with Crippen LogP contribution in [0.15, 0.2) is 11.4 Å². The van der Waals surface area contributed by atoms with E-state index in [1.54, 1.807) is 11.3 Å². The molecule has 1 nitrogen and oxygen atoms in total. The Hall–Kier alpha value is -0.630. The van der Waals surface area contributed by atoms with Crippen LogP contribution in [0.3, 0.4) is 0 Å². The summed E-state index contributed by atoms with van der Waals surface area (Å²) in [5.41, 5.74) is 1.33.